The van der Waals surface area contributed by atoms with Gasteiger partial charge in [0.05, 0.1) is 0 Å². The number of nitrogens with zero attached hydrogens (tertiary/aromatic N) is 2. The van der Waals surface area contributed by atoms with Crippen LogP contribution in [0.25, 0.3) is 0 Å². The van der Waals surface area contributed by atoms with Crippen LogP contribution in [-0.2, 0) is 7.05 Å². The monoisotopic (exact) mass is 311 g/mol. The molecule has 1 N–H and O–H groups in total. The normalized spacial score (nSPS) is 27.3. The lowest BCUT2D eigenvalue weighted by Crippen LogP contribution is -2.41. The number of likely N-dealkylation sites (tertiary alicyclic amines) is 1. The van der Waals surface area contributed by atoms with Crippen LogP contribution >= 0.6 is 15.9 Å². The molecule has 0 bridgehead atoms. The van der Waals surface area contributed by atoms with Crippen molar-refractivity contribution in [2.45, 2.75) is 18.9 Å². The Morgan fingerprint density at radius 2 is 2.33 bits per heavy atom. The van der Waals surface area contributed by atoms with E-state index in [9.17, 15) is 4.79 Å². The van der Waals surface area contributed by atoms with Crippen LogP contribution in [0.2, 0.25) is 0 Å². The molecule has 3 rings (SSSR count). The van der Waals surface area contributed by atoms with Gasteiger partial charge in [-0.3, -0.25) is 4.79 Å². The summed E-state index contributed by atoms with van der Waals surface area (Å²) >= 11 is 3.42. The molecule has 2 atom stereocenters. The predicted molar refractivity (Wildman–Crippen MR) is 73.5 cm³/mol. The number of carbonyl (C=O) groups is 1. The fourth-order valence-electron chi connectivity index (χ4n) is 3.11. The summed E-state index contributed by atoms with van der Waals surface area (Å²) in [5, 5.41) is 3.53. The minimum Gasteiger partial charge on any atom is -0.345 e. The van der Waals surface area contributed by atoms with Gasteiger partial charge in [-0.2, -0.15) is 0 Å². The van der Waals surface area contributed by atoms with Crippen molar-refractivity contribution in [2.24, 2.45) is 13.0 Å². The van der Waals surface area contributed by atoms with Crippen LogP contribution in [0.1, 0.15) is 23.3 Å². The first-order valence-corrected chi connectivity index (χ1v) is 7.29. The van der Waals surface area contributed by atoms with Crippen LogP contribution in [0, 0.1) is 5.92 Å². The molecule has 3 heterocycles. The highest BCUT2D eigenvalue weighted by molar-refractivity contribution is 9.10. The number of carbonyl (C=O) groups excluding carboxylic acids is 1. The van der Waals surface area contributed by atoms with Gasteiger partial charge in [0.2, 0.25) is 0 Å². The van der Waals surface area contributed by atoms with E-state index < -0.39 is 0 Å². The van der Waals surface area contributed by atoms with Gasteiger partial charge in [-0.05, 0) is 47.3 Å². The number of rotatable bonds is 1. The predicted octanol–water partition coefficient (Wildman–Crippen LogP) is 1.61. The van der Waals surface area contributed by atoms with Gasteiger partial charge in [0.15, 0.2) is 0 Å². The lowest BCUT2D eigenvalue weighted by Gasteiger charge is -2.24. The van der Waals surface area contributed by atoms with Crippen LogP contribution in [0.3, 0.4) is 0 Å². The summed E-state index contributed by atoms with van der Waals surface area (Å²) in [5.41, 5.74) is 0.764. The SMILES string of the molecule is Cn1cc(Br)cc1C(=O)N1C[C@@H]2CCCN[C@@H]2C1. The zero-order chi connectivity index (χ0) is 12.7. The van der Waals surface area contributed by atoms with Gasteiger partial charge >= 0.3 is 0 Å². The first-order valence-electron chi connectivity index (χ1n) is 6.49. The maximum Gasteiger partial charge on any atom is 0.270 e. The highest BCUT2D eigenvalue weighted by Crippen LogP contribution is 2.26. The van der Waals surface area contributed by atoms with E-state index in [2.05, 4.69) is 21.2 Å². The number of fused-ring (bicyclic) bond motifs is 1. The van der Waals surface area contributed by atoms with Gasteiger partial charge in [0.1, 0.15) is 5.69 Å². The van der Waals surface area contributed by atoms with Crippen molar-refractivity contribution < 1.29 is 4.79 Å². The Bertz CT molecular complexity index is 457. The minimum atomic E-state index is 0.152. The Kier molecular flexibility index (Phi) is 3.20. The summed E-state index contributed by atoms with van der Waals surface area (Å²) in [6.45, 7) is 2.85. The first kappa shape index (κ1) is 12.2. The molecule has 1 aromatic rings. The van der Waals surface area contributed by atoms with Gasteiger partial charge in [-0.1, -0.05) is 0 Å². The van der Waals surface area contributed by atoms with Crippen molar-refractivity contribution in [1.29, 1.82) is 0 Å². The Hall–Kier alpha value is -0.810. The fourth-order valence-corrected chi connectivity index (χ4v) is 3.64. The summed E-state index contributed by atoms with van der Waals surface area (Å²) < 4.78 is 2.85. The molecule has 2 fully saturated rings. The zero-order valence-electron chi connectivity index (χ0n) is 10.5. The zero-order valence-corrected chi connectivity index (χ0v) is 12.1. The number of hydrogen-bond acceptors (Lipinski definition) is 2. The highest BCUT2D eigenvalue weighted by atomic mass is 79.9. The number of piperidine rings is 1. The lowest BCUT2D eigenvalue weighted by atomic mass is 9.94. The molecule has 0 saturated carbocycles. The average molecular weight is 312 g/mol. The largest absolute Gasteiger partial charge is 0.345 e. The average Bonchev–Trinajstić information content (AvgIpc) is 2.91. The first-order chi connectivity index (χ1) is 8.65. The summed E-state index contributed by atoms with van der Waals surface area (Å²) in [7, 11) is 1.92. The maximum absolute atomic E-state index is 12.5. The second kappa shape index (κ2) is 4.70. The molecule has 98 valence electrons. The summed E-state index contributed by atoms with van der Waals surface area (Å²) in [6, 6.07) is 2.41. The number of aryl methyl sites for hydroxylation is 1. The van der Waals surface area contributed by atoms with Crippen molar-refractivity contribution >= 4 is 21.8 Å². The van der Waals surface area contributed by atoms with Gasteiger partial charge in [0, 0.05) is 36.8 Å². The van der Waals surface area contributed by atoms with E-state index in [1.54, 1.807) is 0 Å². The number of aromatic nitrogens is 1. The topological polar surface area (TPSA) is 37.3 Å². The third kappa shape index (κ3) is 2.10. The summed E-state index contributed by atoms with van der Waals surface area (Å²) in [6.07, 6.45) is 4.41. The molecule has 18 heavy (non-hydrogen) atoms. The molecule has 2 aliphatic rings. The third-order valence-corrected chi connectivity index (χ3v) is 4.51. The smallest absolute Gasteiger partial charge is 0.270 e. The van der Waals surface area contributed by atoms with Crippen LogP contribution in [0.4, 0.5) is 0 Å². The fraction of sp³-hybridized carbons (Fsp3) is 0.615. The molecule has 2 aliphatic heterocycles. The number of hydrogen-bond donors (Lipinski definition) is 1. The van der Waals surface area contributed by atoms with E-state index in [1.165, 1.54) is 12.8 Å². The summed E-state index contributed by atoms with van der Waals surface area (Å²) in [5.74, 6) is 0.797. The van der Waals surface area contributed by atoms with E-state index in [0.29, 0.717) is 12.0 Å². The quantitative estimate of drug-likeness (QED) is 0.855. The van der Waals surface area contributed by atoms with Crippen LogP contribution in [0.15, 0.2) is 16.7 Å². The van der Waals surface area contributed by atoms with Crippen molar-refractivity contribution in [3.05, 3.63) is 22.4 Å². The van der Waals surface area contributed by atoms with Gasteiger partial charge < -0.3 is 14.8 Å². The lowest BCUT2D eigenvalue weighted by molar-refractivity contribution is 0.0776. The molecule has 0 radical (unpaired) electrons. The van der Waals surface area contributed by atoms with E-state index in [1.807, 2.05) is 28.8 Å². The molecule has 5 heteroatoms. The van der Waals surface area contributed by atoms with Crippen LogP contribution in [-0.4, -0.2) is 41.1 Å². The van der Waals surface area contributed by atoms with E-state index in [-0.39, 0.29) is 5.91 Å². The van der Waals surface area contributed by atoms with E-state index >= 15 is 0 Å². The molecule has 0 unspecified atom stereocenters. The van der Waals surface area contributed by atoms with Crippen LogP contribution < -0.4 is 5.32 Å². The maximum atomic E-state index is 12.5. The molecular formula is C13H18BrN3O. The van der Waals surface area contributed by atoms with Crippen molar-refractivity contribution in [2.75, 3.05) is 19.6 Å². The standard InChI is InChI=1S/C13H18BrN3O/c1-16-7-10(14)5-12(16)13(18)17-6-9-3-2-4-15-11(9)8-17/h5,7,9,11,15H,2-4,6,8H2,1H3/t9-,11+/m0/s1. The Labute approximate surface area is 115 Å². The molecule has 4 nitrogen and oxygen atoms in total. The Balaban J connectivity index is 1.76. The number of nitrogens with one attached hydrogen (secondary N) is 1. The van der Waals surface area contributed by atoms with Gasteiger partial charge in [-0.25, -0.2) is 0 Å². The Morgan fingerprint density at radius 1 is 1.50 bits per heavy atom. The second-order valence-electron chi connectivity index (χ2n) is 5.33. The number of halogens is 1. The molecule has 0 aromatic carbocycles. The van der Waals surface area contributed by atoms with E-state index in [0.717, 1.165) is 29.8 Å². The van der Waals surface area contributed by atoms with Crippen molar-refractivity contribution in [1.82, 2.24) is 14.8 Å². The third-order valence-electron chi connectivity index (χ3n) is 4.08. The number of amides is 1. The van der Waals surface area contributed by atoms with Crippen molar-refractivity contribution in [3.63, 3.8) is 0 Å². The van der Waals surface area contributed by atoms with Crippen LogP contribution in [0.5, 0.6) is 0 Å². The minimum absolute atomic E-state index is 0.152. The van der Waals surface area contributed by atoms with Gasteiger partial charge in [0.25, 0.3) is 5.91 Å². The van der Waals surface area contributed by atoms with Crippen molar-refractivity contribution in [3.8, 4) is 0 Å². The molecule has 0 spiro atoms. The molecule has 0 aliphatic carbocycles. The highest BCUT2D eigenvalue weighted by Gasteiger charge is 2.37. The molecule has 2 saturated heterocycles. The Morgan fingerprint density at radius 3 is 3.00 bits per heavy atom. The molecular weight excluding hydrogens is 294 g/mol. The second-order valence-corrected chi connectivity index (χ2v) is 6.24. The molecule has 1 aromatic heterocycles. The van der Waals surface area contributed by atoms with Gasteiger partial charge in [-0.15, -0.1) is 0 Å². The van der Waals surface area contributed by atoms with E-state index in [4.69, 9.17) is 0 Å². The summed E-state index contributed by atoms with van der Waals surface area (Å²) in [4.78, 5) is 14.5. The molecule has 1 amide bonds.